The molecule has 11 rings (SSSR count). The number of nitrogens with two attached hydrogens (primary N) is 1. The first-order chi connectivity index (χ1) is 41.7. The minimum absolute atomic E-state index is 0.00217. The summed E-state index contributed by atoms with van der Waals surface area (Å²) in [5.74, 6) is -0.929. The number of H-pyrrole nitrogens is 1. The van der Waals surface area contributed by atoms with Crippen LogP contribution in [0.2, 0.25) is 0 Å². The fourth-order valence-electron chi connectivity index (χ4n) is 10.8. The third-order valence-corrected chi connectivity index (χ3v) is 22.7. The summed E-state index contributed by atoms with van der Waals surface area (Å²) < 4.78 is 104. The van der Waals surface area contributed by atoms with E-state index in [1.165, 1.54) is 23.6 Å². The molecule has 29 heteroatoms. The third kappa shape index (κ3) is 21.8. The van der Waals surface area contributed by atoms with Gasteiger partial charge in [-0.05, 0) is 112 Å². The number of aliphatic carboxylic acids is 1. The SMILES string of the molecule is N#CC1CCCN1S(=O)(=O)Cc1ccccc1.NC(=O)C1CCCN1S(=O)(=O)Cc1ccccc1.O=C(O)C1CCCN1.O=S(=O)(Cc1ccccc1)N1CCCC1CO.O=S(=O)(Cc1ccccc1)N1CCCC1c1nn[nH]n1.OCC1CCCN1. The zero-order chi connectivity index (χ0) is 62.9. The van der Waals surface area contributed by atoms with E-state index >= 15 is 0 Å². The molecule has 6 atom stereocenters. The van der Waals surface area contributed by atoms with Gasteiger partial charge in [-0.25, -0.2) is 33.7 Å². The maximum absolute atomic E-state index is 12.5. The van der Waals surface area contributed by atoms with Crippen LogP contribution in [0.25, 0.3) is 0 Å². The zero-order valence-corrected chi connectivity index (χ0v) is 52.0. The average Bonchev–Trinajstić information content (AvgIpc) is 3.56. The third-order valence-electron chi connectivity index (χ3n) is 15.2. The van der Waals surface area contributed by atoms with E-state index in [0.29, 0.717) is 69.5 Å². The minimum atomic E-state index is -3.47. The quantitative estimate of drug-likeness (QED) is 0.0701. The van der Waals surface area contributed by atoms with Crippen LogP contribution in [0.1, 0.15) is 111 Å². The van der Waals surface area contributed by atoms with Crippen LogP contribution in [-0.4, -0.2) is 181 Å². The number of rotatable bonds is 17. The van der Waals surface area contributed by atoms with Crippen molar-refractivity contribution in [2.24, 2.45) is 5.73 Å². The van der Waals surface area contributed by atoms with Crippen molar-refractivity contribution in [3.63, 3.8) is 0 Å². The number of aliphatic hydroxyl groups excluding tert-OH is 2. The number of aliphatic hydroxyl groups is 2. The van der Waals surface area contributed by atoms with E-state index < -0.39 is 64.1 Å². The molecule has 476 valence electrons. The first kappa shape index (κ1) is 70.0. The van der Waals surface area contributed by atoms with Crippen molar-refractivity contribution in [3.05, 3.63) is 149 Å². The monoisotopic (exact) mass is 1280 g/mol. The second-order valence-electron chi connectivity index (χ2n) is 21.6. The summed E-state index contributed by atoms with van der Waals surface area (Å²) in [6.45, 7) is 4.04. The number of sulfonamides is 4. The number of primary amides is 1. The zero-order valence-electron chi connectivity index (χ0n) is 48.7. The van der Waals surface area contributed by atoms with Gasteiger partial charge in [0, 0.05) is 38.3 Å². The van der Waals surface area contributed by atoms with Crippen molar-refractivity contribution in [2.75, 3.05) is 52.5 Å². The molecule has 0 radical (unpaired) electrons. The van der Waals surface area contributed by atoms with Crippen LogP contribution in [0, 0.1) is 11.3 Å². The Kier molecular flexibility index (Phi) is 27.8. The van der Waals surface area contributed by atoms with E-state index in [9.17, 15) is 43.3 Å². The summed E-state index contributed by atoms with van der Waals surface area (Å²) in [6, 6.07) is 36.8. The predicted octanol–water partition coefficient (Wildman–Crippen LogP) is 3.36. The van der Waals surface area contributed by atoms with Crippen molar-refractivity contribution < 1.29 is 58.6 Å². The normalized spacial score (nSPS) is 22.5. The predicted molar refractivity (Wildman–Crippen MR) is 327 cm³/mol. The Morgan fingerprint density at radius 2 is 0.977 bits per heavy atom. The van der Waals surface area contributed by atoms with Crippen molar-refractivity contribution >= 4 is 52.0 Å². The van der Waals surface area contributed by atoms with E-state index in [1.807, 2.05) is 84.9 Å². The number of carbonyl (C=O) groups excluding carboxylic acids is 1. The lowest BCUT2D eigenvalue weighted by Gasteiger charge is -2.22. The van der Waals surface area contributed by atoms with Crippen molar-refractivity contribution in [3.8, 4) is 6.07 Å². The molecule has 4 aromatic carbocycles. The molecular weight excluding hydrogens is 1200 g/mol. The van der Waals surface area contributed by atoms with Gasteiger partial charge in [-0.2, -0.15) is 27.7 Å². The topological polar surface area (TPSA) is 373 Å². The molecule has 6 aliphatic rings. The largest absolute Gasteiger partial charge is 0.480 e. The van der Waals surface area contributed by atoms with Crippen LogP contribution >= 0.6 is 0 Å². The van der Waals surface area contributed by atoms with E-state index in [2.05, 4.69) is 37.3 Å². The molecule has 7 heterocycles. The van der Waals surface area contributed by atoms with Crippen LogP contribution in [-0.2, 0) is 72.7 Å². The van der Waals surface area contributed by atoms with Gasteiger partial charge >= 0.3 is 5.97 Å². The number of aromatic nitrogens is 4. The molecule has 6 aliphatic heterocycles. The van der Waals surface area contributed by atoms with Gasteiger partial charge in [-0.15, -0.1) is 10.2 Å². The van der Waals surface area contributed by atoms with Crippen LogP contribution in [0.15, 0.2) is 121 Å². The van der Waals surface area contributed by atoms with Gasteiger partial charge in [0.25, 0.3) is 0 Å². The van der Waals surface area contributed by atoms with E-state index in [0.717, 1.165) is 81.1 Å². The van der Waals surface area contributed by atoms with Gasteiger partial charge in [0.1, 0.15) is 18.1 Å². The number of nitriles is 1. The molecule has 5 aromatic rings. The summed E-state index contributed by atoms with van der Waals surface area (Å²) in [7, 11) is -13.5. The lowest BCUT2D eigenvalue weighted by Crippen LogP contribution is -2.44. The average molecular weight is 1280 g/mol. The lowest BCUT2D eigenvalue weighted by molar-refractivity contribution is -0.139. The molecule has 87 heavy (non-hydrogen) atoms. The smallest absolute Gasteiger partial charge is 0.320 e. The highest BCUT2D eigenvalue weighted by Crippen LogP contribution is 2.33. The molecule has 6 saturated heterocycles. The molecule has 0 spiro atoms. The molecule has 0 bridgehead atoms. The van der Waals surface area contributed by atoms with Gasteiger partial charge in [0.2, 0.25) is 46.0 Å². The van der Waals surface area contributed by atoms with Gasteiger partial charge in [0.05, 0.1) is 48.3 Å². The van der Waals surface area contributed by atoms with Crippen LogP contribution in [0.4, 0.5) is 0 Å². The summed E-state index contributed by atoms with van der Waals surface area (Å²) >= 11 is 0. The molecule has 8 N–H and O–H groups in total. The number of nitrogens with zero attached hydrogens (tertiary/aromatic N) is 8. The molecule has 6 fully saturated rings. The summed E-state index contributed by atoms with van der Waals surface area (Å²) in [5.41, 5.74) is 8.28. The Morgan fingerprint density at radius 1 is 0.540 bits per heavy atom. The number of carboxylic acids is 1. The van der Waals surface area contributed by atoms with Gasteiger partial charge in [0.15, 0.2) is 5.82 Å². The summed E-state index contributed by atoms with van der Waals surface area (Å²) in [4.78, 5) is 21.4. The number of tetrazole rings is 1. The van der Waals surface area contributed by atoms with Crippen molar-refractivity contribution in [1.82, 2.24) is 48.5 Å². The van der Waals surface area contributed by atoms with Gasteiger partial charge < -0.3 is 31.7 Å². The highest BCUT2D eigenvalue weighted by Gasteiger charge is 2.39. The van der Waals surface area contributed by atoms with Crippen molar-refractivity contribution in [1.29, 1.82) is 5.26 Å². The number of nitrogens with one attached hydrogen (secondary N) is 3. The number of hydrogen-bond acceptors (Lipinski definition) is 18. The lowest BCUT2D eigenvalue weighted by atomic mass is 10.2. The Balaban J connectivity index is 0.000000172. The summed E-state index contributed by atoms with van der Waals surface area (Å²) in [5, 5.41) is 54.7. The van der Waals surface area contributed by atoms with E-state index in [1.54, 1.807) is 36.4 Å². The molecule has 1 amide bonds. The Hall–Kier alpha value is -6.14. The second-order valence-corrected chi connectivity index (χ2v) is 29.3. The maximum atomic E-state index is 12.5. The van der Waals surface area contributed by atoms with E-state index in [4.69, 9.17) is 26.3 Å². The molecular formula is C58H82N12O13S4. The molecule has 0 saturated carbocycles. The Morgan fingerprint density at radius 3 is 1.39 bits per heavy atom. The van der Waals surface area contributed by atoms with Crippen LogP contribution in [0.5, 0.6) is 0 Å². The molecule has 6 unspecified atom stereocenters. The Bertz CT molecular complexity index is 3370. The second kappa shape index (κ2) is 34.6. The Labute approximate surface area is 511 Å². The highest BCUT2D eigenvalue weighted by molar-refractivity contribution is 7.89. The number of carboxylic acid groups (broad SMARTS) is 1. The number of amides is 1. The highest BCUT2D eigenvalue weighted by atomic mass is 32.2. The van der Waals surface area contributed by atoms with E-state index in [-0.39, 0.29) is 47.7 Å². The number of hydrogen-bond donors (Lipinski definition) is 7. The standard InChI is InChI=1S/C12H15N5O2S.C12H16N2O3S.C12H14N2O2S.C12H17NO3S.C5H9NO2.C5H11NO/c18-20(19,9-10-5-2-1-3-6-10)17-8-4-7-11(17)12-13-15-16-14-12;13-12(15)11-7-4-8-14(11)18(16,17)9-10-5-2-1-3-6-10;13-9-12-7-4-8-14(12)17(15,16)10-11-5-2-1-3-6-11;14-9-12-7-4-8-13(12)17(15,16)10-11-5-2-1-3-6-11;7-5(8)4-2-1-3-6-4;7-4-5-2-1-3-6-5/h1-3,5-6,11H,4,7-9H2,(H,13,14,15,16);1-3,5-6,11H,4,7-9H2,(H2,13,15);1-3,5-6,12H,4,7-8,10H2;1-3,5-6,12,14H,4,7-10H2;4,6H,1-3H2,(H,7,8);5-7H,1-4H2. The number of carbonyl (C=O) groups is 2. The summed E-state index contributed by atoms with van der Waals surface area (Å²) in [6.07, 6.45) is 9.90. The number of benzene rings is 4. The van der Waals surface area contributed by atoms with Crippen LogP contribution in [0.3, 0.4) is 0 Å². The molecule has 1 aromatic heterocycles. The van der Waals surface area contributed by atoms with Gasteiger partial charge in [-0.3, -0.25) is 9.59 Å². The fraction of sp³-hybridized carbons (Fsp3) is 0.517. The minimum Gasteiger partial charge on any atom is -0.480 e. The van der Waals surface area contributed by atoms with Crippen LogP contribution < -0.4 is 16.4 Å². The van der Waals surface area contributed by atoms with Crippen molar-refractivity contribution in [2.45, 2.75) is 136 Å². The van der Waals surface area contributed by atoms with Gasteiger partial charge in [-0.1, -0.05) is 127 Å². The first-order valence-corrected chi connectivity index (χ1v) is 35.6. The maximum Gasteiger partial charge on any atom is 0.320 e. The first-order valence-electron chi connectivity index (χ1n) is 29.1. The molecule has 0 aliphatic carbocycles. The number of aromatic amines is 1. The molecule has 25 nitrogen and oxygen atoms in total. The fourth-order valence-corrected chi connectivity index (χ4v) is 17.9.